The molecular weight excluding hydrogens is 247 g/mol. The highest BCUT2D eigenvalue weighted by Gasteiger charge is 2.08. The quantitative estimate of drug-likeness (QED) is 0.595. The highest BCUT2D eigenvalue weighted by atomic mass is 79.9. The van der Waals surface area contributed by atoms with Gasteiger partial charge in [-0.15, -0.1) is 0 Å². The lowest BCUT2D eigenvalue weighted by Gasteiger charge is -2.01. The van der Waals surface area contributed by atoms with Crippen LogP contribution in [0.2, 0.25) is 0 Å². The molecule has 0 aliphatic carbocycles. The third-order valence-electron chi connectivity index (χ3n) is 1.65. The van der Waals surface area contributed by atoms with E-state index in [-0.39, 0.29) is 12.2 Å². The number of allylic oxidation sites excluding steroid dienone is 1. The Hall–Kier alpha value is -0.960. The first-order valence-corrected chi connectivity index (χ1v) is 4.92. The van der Waals surface area contributed by atoms with Crippen molar-refractivity contribution >= 4 is 21.7 Å². The molecule has 1 aromatic carbocycles. The fourth-order valence-corrected chi connectivity index (χ4v) is 1.56. The predicted molar refractivity (Wildman–Crippen MR) is 57.9 cm³/mol. The zero-order valence-electron chi connectivity index (χ0n) is 7.81. The Morgan fingerprint density at radius 3 is 2.64 bits per heavy atom. The van der Waals surface area contributed by atoms with Crippen molar-refractivity contribution in [2.24, 2.45) is 0 Å². The van der Waals surface area contributed by atoms with E-state index in [1.807, 2.05) is 0 Å². The fraction of sp³-hybridized carbons (Fsp3) is 0.182. The number of carbonyl (C=O) groups is 1. The number of carbonyl (C=O) groups excluding carboxylic acids is 1. The summed E-state index contributed by atoms with van der Waals surface area (Å²) in [7, 11) is 0. The van der Waals surface area contributed by atoms with Crippen molar-refractivity contribution in [3.63, 3.8) is 0 Å². The van der Waals surface area contributed by atoms with Crippen LogP contribution >= 0.6 is 15.9 Å². The largest absolute Gasteiger partial charge is 0.294 e. The zero-order valence-corrected chi connectivity index (χ0v) is 9.40. The summed E-state index contributed by atoms with van der Waals surface area (Å²) in [6, 6.07) is 4.15. The van der Waals surface area contributed by atoms with Gasteiger partial charge in [0.15, 0.2) is 5.78 Å². The molecule has 0 saturated heterocycles. The minimum Gasteiger partial charge on any atom is -0.294 e. The van der Waals surface area contributed by atoms with E-state index in [1.165, 1.54) is 12.1 Å². The standard InChI is InChI=1S/C11H10BrFO/c1-7(2)3-11(14)8-4-9(12)6-10(13)5-8/h4-6H,1,3H2,2H3. The zero-order chi connectivity index (χ0) is 10.7. The van der Waals surface area contributed by atoms with Crippen LogP contribution in [-0.2, 0) is 0 Å². The molecule has 0 unspecified atom stereocenters. The van der Waals surface area contributed by atoms with Gasteiger partial charge < -0.3 is 0 Å². The predicted octanol–water partition coefficient (Wildman–Crippen LogP) is 3.74. The number of hydrogen-bond donors (Lipinski definition) is 0. The molecule has 0 N–H and O–H groups in total. The van der Waals surface area contributed by atoms with E-state index in [2.05, 4.69) is 22.5 Å². The number of ketones is 1. The second kappa shape index (κ2) is 4.51. The van der Waals surface area contributed by atoms with Crippen molar-refractivity contribution in [2.45, 2.75) is 13.3 Å². The first-order chi connectivity index (χ1) is 6.49. The number of Topliss-reactive ketones (excluding diaryl/α,β-unsaturated/α-hetero) is 1. The van der Waals surface area contributed by atoms with Crippen molar-refractivity contribution in [1.82, 2.24) is 0 Å². The van der Waals surface area contributed by atoms with E-state index in [4.69, 9.17) is 0 Å². The Balaban J connectivity index is 2.95. The second-order valence-electron chi connectivity index (χ2n) is 3.22. The van der Waals surface area contributed by atoms with Gasteiger partial charge in [0.25, 0.3) is 0 Å². The van der Waals surface area contributed by atoms with E-state index in [0.29, 0.717) is 10.0 Å². The molecule has 0 atom stereocenters. The van der Waals surface area contributed by atoms with Crippen LogP contribution in [0.15, 0.2) is 34.8 Å². The van der Waals surface area contributed by atoms with Crippen LogP contribution < -0.4 is 0 Å². The molecule has 74 valence electrons. The van der Waals surface area contributed by atoms with Crippen molar-refractivity contribution in [1.29, 1.82) is 0 Å². The van der Waals surface area contributed by atoms with Crippen LogP contribution in [0, 0.1) is 5.82 Å². The van der Waals surface area contributed by atoms with Crippen molar-refractivity contribution < 1.29 is 9.18 Å². The summed E-state index contributed by atoms with van der Waals surface area (Å²) >= 11 is 3.13. The molecule has 0 fully saturated rings. The molecule has 1 aromatic rings. The molecule has 0 spiro atoms. The molecule has 1 nitrogen and oxygen atoms in total. The molecule has 0 aliphatic heterocycles. The molecule has 0 amide bonds. The van der Waals surface area contributed by atoms with Crippen LogP contribution in [0.4, 0.5) is 4.39 Å². The minimum absolute atomic E-state index is 0.113. The molecule has 0 heterocycles. The molecule has 0 aliphatic rings. The van der Waals surface area contributed by atoms with Gasteiger partial charge in [-0.25, -0.2) is 4.39 Å². The van der Waals surface area contributed by atoms with Gasteiger partial charge in [-0.05, 0) is 25.1 Å². The third kappa shape index (κ3) is 3.07. The van der Waals surface area contributed by atoms with E-state index in [1.54, 1.807) is 13.0 Å². The van der Waals surface area contributed by atoms with E-state index < -0.39 is 5.82 Å². The number of halogens is 2. The first-order valence-electron chi connectivity index (χ1n) is 4.12. The van der Waals surface area contributed by atoms with Gasteiger partial charge in [0, 0.05) is 16.5 Å². The summed E-state index contributed by atoms with van der Waals surface area (Å²) in [5.74, 6) is -0.526. The van der Waals surface area contributed by atoms with Crippen molar-refractivity contribution in [3.05, 3.63) is 46.2 Å². The molecule has 14 heavy (non-hydrogen) atoms. The van der Waals surface area contributed by atoms with Crippen molar-refractivity contribution in [2.75, 3.05) is 0 Å². The molecule has 0 bridgehead atoms. The van der Waals surface area contributed by atoms with Crippen LogP contribution in [0.3, 0.4) is 0 Å². The van der Waals surface area contributed by atoms with Gasteiger partial charge in [-0.3, -0.25) is 4.79 Å². The summed E-state index contributed by atoms with van der Waals surface area (Å²) in [5, 5.41) is 0. The summed E-state index contributed by atoms with van der Waals surface area (Å²) in [6.45, 7) is 5.41. The van der Waals surface area contributed by atoms with Crippen molar-refractivity contribution in [3.8, 4) is 0 Å². The van der Waals surface area contributed by atoms with E-state index in [9.17, 15) is 9.18 Å². The molecule has 0 saturated carbocycles. The van der Waals surface area contributed by atoms with Crippen LogP contribution in [0.5, 0.6) is 0 Å². The summed E-state index contributed by atoms with van der Waals surface area (Å²) in [6.07, 6.45) is 0.260. The van der Waals surface area contributed by atoms with E-state index >= 15 is 0 Å². The van der Waals surface area contributed by atoms with Gasteiger partial charge in [0.05, 0.1) is 0 Å². The van der Waals surface area contributed by atoms with E-state index in [0.717, 1.165) is 5.57 Å². The average molecular weight is 257 g/mol. The molecule has 0 aromatic heterocycles. The highest BCUT2D eigenvalue weighted by molar-refractivity contribution is 9.10. The second-order valence-corrected chi connectivity index (χ2v) is 4.13. The number of rotatable bonds is 3. The molecule has 3 heteroatoms. The number of benzene rings is 1. The Morgan fingerprint density at radius 2 is 2.14 bits per heavy atom. The smallest absolute Gasteiger partial charge is 0.167 e. The minimum atomic E-state index is -0.413. The Bertz CT molecular complexity index is 365. The number of hydrogen-bond acceptors (Lipinski definition) is 1. The van der Waals surface area contributed by atoms with Gasteiger partial charge >= 0.3 is 0 Å². The molecule has 1 rings (SSSR count). The lowest BCUT2D eigenvalue weighted by molar-refractivity contribution is 0.0992. The maximum absolute atomic E-state index is 12.9. The monoisotopic (exact) mass is 256 g/mol. The van der Waals surface area contributed by atoms with Gasteiger partial charge in [-0.1, -0.05) is 28.1 Å². The van der Waals surface area contributed by atoms with Gasteiger partial charge in [0.1, 0.15) is 5.82 Å². The van der Waals surface area contributed by atoms with Gasteiger partial charge in [0.2, 0.25) is 0 Å². The Labute approximate surface area is 90.8 Å². The molecular formula is C11H10BrFO. The summed E-state index contributed by atoms with van der Waals surface area (Å²) in [4.78, 5) is 11.5. The SMILES string of the molecule is C=C(C)CC(=O)c1cc(F)cc(Br)c1. The van der Waals surface area contributed by atoms with Crippen LogP contribution in [0.25, 0.3) is 0 Å². The van der Waals surface area contributed by atoms with Crippen LogP contribution in [0.1, 0.15) is 23.7 Å². The normalized spacial score (nSPS) is 9.93. The third-order valence-corrected chi connectivity index (χ3v) is 2.10. The Morgan fingerprint density at radius 1 is 1.50 bits per heavy atom. The summed E-state index contributed by atoms with van der Waals surface area (Å²) in [5.41, 5.74) is 1.15. The first kappa shape index (κ1) is 11.1. The lowest BCUT2D eigenvalue weighted by Crippen LogP contribution is -1.99. The van der Waals surface area contributed by atoms with Gasteiger partial charge in [-0.2, -0.15) is 0 Å². The highest BCUT2D eigenvalue weighted by Crippen LogP contribution is 2.17. The lowest BCUT2D eigenvalue weighted by atomic mass is 10.1. The topological polar surface area (TPSA) is 17.1 Å². The van der Waals surface area contributed by atoms with Crippen LogP contribution in [-0.4, -0.2) is 5.78 Å². The average Bonchev–Trinajstić information content (AvgIpc) is 2.00. The maximum Gasteiger partial charge on any atom is 0.167 e. The molecule has 0 radical (unpaired) electrons. The summed E-state index contributed by atoms with van der Waals surface area (Å²) < 4.78 is 13.5. The Kier molecular flexibility index (Phi) is 3.58. The maximum atomic E-state index is 12.9. The fourth-order valence-electron chi connectivity index (χ4n) is 1.09.